The number of piperidine rings is 1. The second-order valence-electron chi connectivity index (χ2n) is 5.70. The standard InChI is InChI=1S/C15H19F3N2O3/c1-9-2-3-11(6-12(9)15(16,17)18)19-14(23)20-5-4-10(8-21)13(22)7-20/h2-3,6,10,13,21-22H,4-5,7-8H2,1H3,(H,19,23)/t10-,13-/m1/s1. The molecule has 23 heavy (non-hydrogen) atoms. The van der Waals surface area contributed by atoms with E-state index < -0.39 is 23.9 Å². The Morgan fingerprint density at radius 3 is 2.70 bits per heavy atom. The predicted molar refractivity (Wildman–Crippen MR) is 78.0 cm³/mol. The number of nitrogens with zero attached hydrogens (tertiary/aromatic N) is 1. The lowest BCUT2D eigenvalue weighted by atomic mass is 9.95. The number of hydrogen-bond donors (Lipinski definition) is 3. The summed E-state index contributed by atoms with van der Waals surface area (Å²) >= 11 is 0. The minimum atomic E-state index is -4.49. The van der Waals surface area contributed by atoms with Gasteiger partial charge in [0, 0.05) is 31.3 Å². The minimum absolute atomic E-state index is 0.0368. The summed E-state index contributed by atoms with van der Waals surface area (Å²) in [5, 5.41) is 21.3. The van der Waals surface area contributed by atoms with E-state index in [1.54, 1.807) is 0 Å². The number of aliphatic hydroxyl groups excluding tert-OH is 2. The number of likely N-dealkylation sites (tertiary alicyclic amines) is 1. The van der Waals surface area contributed by atoms with Gasteiger partial charge >= 0.3 is 12.2 Å². The van der Waals surface area contributed by atoms with Crippen molar-refractivity contribution < 1.29 is 28.2 Å². The first-order chi connectivity index (χ1) is 10.7. The third-order valence-electron chi connectivity index (χ3n) is 4.04. The molecule has 0 aromatic heterocycles. The average molecular weight is 332 g/mol. The number of alkyl halides is 3. The summed E-state index contributed by atoms with van der Waals surface area (Å²) in [6, 6.07) is 3.02. The highest BCUT2D eigenvalue weighted by atomic mass is 19.4. The summed E-state index contributed by atoms with van der Waals surface area (Å²) in [7, 11) is 0. The van der Waals surface area contributed by atoms with Crippen LogP contribution in [0.15, 0.2) is 18.2 Å². The Morgan fingerprint density at radius 1 is 1.43 bits per heavy atom. The SMILES string of the molecule is Cc1ccc(NC(=O)N2CC[C@H](CO)[C@H](O)C2)cc1C(F)(F)F. The summed E-state index contributed by atoms with van der Waals surface area (Å²) < 4.78 is 38.6. The molecule has 2 rings (SSSR count). The molecule has 1 aromatic carbocycles. The van der Waals surface area contributed by atoms with Crippen molar-refractivity contribution in [2.75, 3.05) is 25.0 Å². The molecule has 0 spiro atoms. The van der Waals surface area contributed by atoms with Crippen LogP contribution in [0, 0.1) is 12.8 Å². The minimum Gasteiger partial charge on any atom is -0.396 e. The topological polar surface area (TPSA) is 72.8 Å². The van der Waals surface area contributed by atoms with E-state index in [1.165, 1.54) is 24.0 Å². The number of amides is 2. The Kier molecular flexibility index (Phi) is 5.16. The van der Waals surface area contributed by atoms with Crippen molar-refractivity contribution in [1.29, 1.82) is 0 Å². The predicted octanol–water partition coefficient (Wildman–Crippen LogP) is 2.22. The van der Waals surface area contributed by atoms with E-state index in [1.807, 2.05) is 0 Å². The smallest absolute Gasteiger partial charge is 0.396 e. The largest absolute Gasteiger partial charge is 0.416 e. The highest BCUT2D eigenvalue weighted by Gasteiger charge is 2.33. The molecule has 0 bridgehead atoms. The lowest BCUT2D eigenvalue weighted by Crippen LogP contribution is -2.49. The molecule has 1 saturated heterocycles. The van der Waals surface area contributed by atoms with E-state index in [0.29, 0.717) is 13.0 Å². The van der Waals surface area contributed by atoms with Gasteiger partial charge in [-0.25, -0.2) is 4.79 Å². The molecular weight excluding hydrogens is 313 g/mol. The average Bonchev–Trinajstić information content (AvgIpc) is 2.48. The number of nitrogens with one attached hydrogen (secondary N) is 1. The number of hydrogen-bond acceptors (Lipinski definition) is 3. The molecule has 1 fully saturated rings. The van der Waals surface area contributed by atoms with Crippen LogP contribution in [0.2, 0.25) is 0 Å². The third-order valence-corrected chi connectivity index (χ3v) is 4.04. The number of aryl methyl sites for hydroxylation is 1. The van der Waals surface area contributed by atoms with Crippen LogP contribution in [0.4, 0.5) is 23.7 Å². The molecule has 0 radical (unpaired) electrons. The van der Waals surface area contributed by atoms with Crippen molar-refractivity contribution in [3.8, 4) is 0 Å². The number of halogens is 3. The van der Waals surface area contributed by atoms with Gasteiger partial charge in [0.15, 0.2) is 0 Å². The van der Waals surface area contributed by atoms with Crippen molar-refractivity contribution in [1.82, 2.24) is 4.90 Å². The summed E-state index contributed by atoms with van der Waals surface area (Å²) in [6.45, 7) is 1.55. The molecule has 1 aromatic rings. The molecule has 1 aliphatic rings. The molecular formula is C15H19F3N2O3. The second-order valence-corrected chi connectivity index (χ2v) is 5.70. The fraction of sp³-hybridized carbons (Fsp3) is 0.533. The van der Waals surface area contributed by atoms with E-state index in [2.05, 4.69) is 5.32 Å². The van der Waals surface area contributed by atoms with Gasteiger partial charge in [-0.05, 0) is 31.0 Å². The molecule has 0 aliphatic carbocycles. The van der Waals surface area contributed by atoms with Crippen LogP contribution >= 0.6 is 0 Å². The van der Waals surface area contributed by atoms with Crippen LogP contribution in [0.5, 0.6) is 0 Å². The molecule has 0 saturated carbocycles. The van der Waals surface area contributed by atoms with E-state index in [0.717, 1.165) is 6.07 Å². The quantitative estimate of drug-likeness (QED) is 0.777. The van der Waals surface area contributed by atoms with Gasteiger partial charge in [0.05, 0.1) is 11.7 Å². The Balaban J connectivity index is 2.06. The normalized spacial score (nSPS) is 22.1. The molecule has 1 aliphatic heterocycles. The number of benzene rings is 1. The van der Waals surface area contributed by atoms with Crippen molar-refractivity contribution in [3.05, 3.63) is 29.3 Å². The van der Waals surface area contributed by atoms with Crippen LogP contribution in [-0.2, 0) is 6.18 Å². The van der Waals surface area contributed by atoms with Gasteiger partial charge in [-0.15, -0.1) is 0 Å². The summed E-state index contributed by atoms with van der Waals surface area (Å²) in [6.07, 6.45) is -4.89. The Labute approximate surface area is 131 Å². The zero-order chi connectivity index (χ0) is 17.2. The highest BCUT2D eigenvalue weighted by Crippen LogP contribution is 2.33. The lowest BCUT2D eigenvalue weighted by Gasteiger charge is -2.35. The van der Waals surface area contributed by atoms with Crippen LogP contribution in [0.25, 0.3) is 0 Å². The Morgan fingerprint density at radius 2 is 2.13 bits per heavy atom. The van der Waals surface area contributed by atoms with E-state index in [-0.39, 0.29) is 30.3 Å². The first-order valence-corrected chi connectivity index (χ1v) is 7.25. The zero-order valence-corrected chi connectivity index (χ0v) is 12.6. The Bertz CT molecular complexity index is 578. The molecule has 3 N–H and O–H groups in total. The van der Waals surface area contributed by atoms with Crippen molar-refractivity contribution in [3.63, 3.8) is 0 Å². The maximum absolute atomic E-state index is 12.9. The van der Waals surface area contributed by atoms with Gasteiger partial charge in [0.25, 0.3) is 0 Å². The number of rotatable bonds is 2. The molecule has 128 valence electrons. The second kappa shape index (κ2) is 6.76. The summed E-state index contributed by atoms with van der Waals surface area (Å²) in [5.74, 6) is -0.282. The Hall–Kier alpha value is -1.80. The van der Waals surface area contributed by atoms with Gasteiger partial charge in [0.1, 0.15) is 0 Å². The van der Waals surface area contributed by atoms with Crippen molar-refractivity contribution >= 4 is 11.7 Å². The first kappa shape index (κ1) is 17.6. The molecule has 2 amide bonds. The first-order valence-electron chi connectivity index (χ1n) is 7.25. The maximum atomic E-state index is 12.9. The van der Waals surface area contributed by atoms with Crippen LogP contribution < -0.4 is 5.32 Å². The van der Waals surface area contributed by atoms with Crippen LogP contribution in [0.1, 0.15) is 17.5 Å². The van der Waals surface area contributed by atoms with E-state index in [4.69, 9.17) is 5.11 Å². The number of β-amino-alcohol motifs (C(OH)–C–C–N with tert-alkyl or cyclic N) is 1. The highest BCUT2D eigenvalue weighted by molar-refractivity contribution is 5.89. The fourth-order valence-corrected chi connectivity index (χ4v) is 2.59. The van der Waals surface area contributed by atoms with Gasteiger partial charge < -0.3 is 20.4 Å². The van der Waals surface area contributed by atoms with Crippen LogP contribution in [-0.4, -0.2) is 46.9 Å². The molecule has 0 unspecified atom stereocenters. The maximum Gasteiger partial charge on any atom is 0.416 e. The number of carbonyl (C=O) groups excluding carboxylic acids is 1. The van der Waals surface area contributed by atoms with Gasteiger partial charge in [-0.1, -0.05) is 6.07 Å². The monoisotopic (exact) mass is 332 g/mol. The van der Waals surface area contributed by atoms with E-state index >= 15 is 0 Å². The van der Waals surface area contributed by atoms with Crippen molar-refractivity contribution in [2.24, 2.45) is 5.92 Å². The summed E-state index contributed by atoms with van der Waals surface area (Å²) in [5.41, 5.74) is -0.671. The van der Waals surface area contributed by atoms with E-state index in [9.17, 15) is 23.1 Å². The number of urea groups is 1. The third kappa shape index (κ3) is 4.14. The lowest BCUT2D eigenvalue weighted by molar-refractivity contribution is -0.138. The molecule has 2 atom stereocenters. The molecule has 1 heterocycles. The number of anilines is 1. The zero-order valence-electron chi connectivity index (χ0n) is 12.6. The van der Waals surface area contributed by atoms with Crippen molar-refractivity contribution in [2.45, 2.75) is 25.6 Å². The summed E-state index contributed by atoms with van der Waals surface area (Å²) in [4.78, 5) is 13.4. The van der Waals surface area contributed by atoms with Gasteiger partial charge in [-0.3, -0.25) is 0 Å². The number of aliphatic hydroxyl groups is 2. The number of carbonyl (C=O) groups is 1. The van der Waals surface area contributed by atoms with Gasteiger partial charge in [-0.2, -0.15) is 13.2 Å². The van der Waals surface area contributed by atoms with Gasteiger partial charge in [0.2, 0.25) is 0 Å². The molecule has 8 heteroatoms. The molecule has 5 nitrogen and oxygen atoms in total. The van der Waals surface area contributed by atoms with Crippen LogP contribution in [0.3, 0.4) is 0 Å². The fourth-order valence-electron chi connectivity index (χ4n) is 2.59.